The molecule has 3 atom stereocenters. The number of ketones is 1. The first-order valence-electron chi connectivity index (χ1n) is 12.3. The molecule has 9 nitrogen and oxygen atoms in total. The number of Topliss-reactive ketones (excluding diaryl/α,β-unsaturated/α-hetero) is 1. The lowest BCUT2D eigenvalue weighted by molar-refractivity contribution is -0.130. The molecule has 11 heteroatoms. The normalized spacial score (nSPS) is 26.7. The standard InChI is InChI=1S/C23H40N2O7Si2/c1-10-28-19-11-12-25(23(27)24-19)22-20(26)21-18(30-22)13-29-33(14(2)3,15(4)5)32-34(31-21,16(6)7)17(8)9/h11-12,14-18,21-22H,10,13H2,1-9H3/t18-,21?,22+/m0/s1. The van der Waals surface area contributed by atoms with Gasteiger partial charge in [0.2, 0.25) is 17.9 Å². The Hall–Kier alpha value is -1.38. The van der Waals surface area contributed by atoms with Gasteiger partial charge in [-0.3, -0.25) is 9.36 Å². The van der Waals surface area contributed by atoms with Crippen molar-refractivity contribution in [2.75, 3.05) is 13.2 Å². The zero-order valence-corrected chi connectivity index (χ0v) is 23.9. The van der Waals surface area contributed by atoms with Gasteiger partial charge in [-0.2, -0.15) is 4.98 Å². The van der Waals surface area contributed by atoms with Crippen LogP contribution in [0, 0.1) is 0 Å². The van der Waals surface area contributed by atoms with Crippen molar-refractivity contribution in [1.82, 2.24) is 9.55 Å². The third-order valence-corrected chi connectivity index (χ3v) is 17.1. The Balaban J connectivity index is 2.04. The summed E-state index contributed by atoms with van der Waals surface area (Å²) >= 11 is 0. The van der Waals surface area contributed by atoms with Gasteiger partial charge >= 0.3 is 22.8 Å². The molecule has 0 spiro atoms. The van der Waals surface area contributed by atoms with Gasteiger partial charge in [-0.1, -0.05) is 55.4 Å². The number of nitrogens with zero attached hydrogens (tertiary/aromatic N) is 2. The van der Waals surface area contributed by atoms with E-state index in [4.69, 9.17) is 22.4 Å². The van der Waals surface area contributed by atoms with Crippen LogP contribution in [0.15, 0.2) is 17.1 Å². The number of carbonyl (C=O) groups excluding carboxylic acids is 1. The monoisotopic (exact) mass is 512 g/mol. The molecule has 2 aliphatic rings. The van der Waals surface area contributed by atoms with Crippen LogP contribution in [-0.4, -0.2) is 57.9 Å². The summed E-state index contributed by atoms with van der Waals surface area (Å²) in [6, 6.07) is 1.55. The maximum Gasteiger partial charge on any atom is 0.353 e. The molecule has 0 N–H and O–H groups in total. The molecule has 2 saturated heterocycles. The molecule has 192 valence electrons. The highest BCUT2D eigenvalue weighted by Gasteiger charge is 2.61. The molecule has 0 amide bonds. The largest absolute Gasteiger partial charge is 0.478 e. The van der Waals surface area contributed by atoms with Crippen molar-refractivity contribution in [2.45, 2.75) is 103 Å². The lowest BCUT2D eigenvalue weighted by atomic mass is 10.1. The van der Waals surface area contributed by atoms with E-state index in [1.807, 2.05) is 6.92 Å². The zero-order chi connectivity index (χ0) is 25.4. The number of ether oxygens (including phenoxy) is 2. The van der Waals surface area contributed by atoms with Gasteiger partial charge in [0.25, 0.3) is 0 Å². The smallest absolute Gasteiger partial charge is 0.353 e. The Morgan fingerprint density at radius 2 is 1.62 bits per heavy atom. The highest BCUT2D eigenvalue weighted by Crippen LogP contribution is 2.47. The SMILES string of the molecule is CCOc1ccn([C@@H]2O[C@H]3CO[Si](C(C)C)(C(C)C)O[Si](C(C)C)(C(C)C)OC3C2=O)c(=O)n1. The summed E-state index contributed by atoms with van der Waals surface area (Å²) < 4.78 is 33.2. The van der Waals surface area contributed by atoms with Crippen LogP contribution in [0.3, 0.4) is 0 Å². The number of hydrogen-bond donors (Lipinski definition) is 0. The van der Waals surface area contributed by atoms with Crippen molar-refractivity contribution in [1.29, 1.82) is 0 Å². The molecule has 0 aliphatic carbocycles. The molecule has 1 aromatic rings. The van der Waals surface area contributed by atoms with Crippen molar-refractivity contribution in [3.8, 4) is 5.88 Å². The summed E-state index contributed by atoms with van der Waals surface area (Å²) in [5, 5.41) is 0. The van der Waals surface area contributed by atoms with E-state index in [2.05, 4.69) is 60.4 Å². The molecule has 0 bridgehead atoms. The number of rotatable bonds is 7. The van der Waals surface area contributed by atoms with Gasteiger partial charge in [-0.15, -0.1) is 0 Å². The minimum Gasteiger partial charge on any atom is -0.478 e. The second kappa shape index (κ2) is 10.3. The van der Waals surface area contributed by atoms with E-state index in [1.54, 1.807) is 6.07 Å². The zero-order valence-electron chi connectivity index (χ0n) is 21.9. The van der Waals surface area contributed by atoms with Crippen molar-refractivity contribution in [2.24, 2.45) is 0 Å². The summed E-state index contributed by atoms with van der Waals surface area (Å²) in [7, 11) is -5.70. The van der Waals surface area contributed by atoms with Gasteiger partial charge in [0, 0.05) is 12.3 Å². The topological polar surface area (TPSA) is 98.1 Å². The minimum atomic E-state index is -2.96. The van der Waals surface area contributed by atoms with Crippen molar-refractivity contribution in [3.05, 3.63) is 22.7 Å². The predicted octanol–water partition coefficient (Wildman–Crippen LogP) is 4.06. The van der Waals surface area contributed by atoms with Crippen LogP contribution >= 0.6 is 0 Å². The molecule has 0 aromatic carbocycles. The van der Waals surface area contributed by atoms with Crippen LogP contribution in [0.1, 0.15) is 68.5 Å². The molecule has 2 fully saturated rings. The lowest BCUT2D eigenvalue weighted by Gasteiger charge is -2.50. The van der Waals surface area contributed by atoms with Crippen LogP contribution in [0.2, 0.25) is 22.2 Å². The predicted molar refractivity (Wildman–Crippen MR) is 132 cm³/mol. The highest BCUT2D eigenvalue weighted by atomic mass is 28.5. The number of hydrogen-bond acceptors (Lipinski definition) is 8. The third-order valence-electron chi connectivity index (χ3n) is 6.84. The molecule has 34 heavy (non-hydrogen) atoms. The number of aromatic nitrogens is 2. The van der Waals surface area contributed by atoms with E-state index < -0.39 is 41.2 Å². The molecule has 3 rings (SSSR count). The van der Waals surface area contributed by atoms with E-state index >= 15 is 0 Å². The highest BCUT2D eigenvalue weighted by molar-refractivity contribution is 6.84. The second-order valence-electron chi connectivity index (χ2n) is 10.3. The number of carbonyl (C=O) groups is 1. The van der Waals surface area contributed by atoms with E-state index in [0.717, 1.165) is 0 Å². The van der Waals surface area contributed by atoms with E-state index in [0.29, 0.717) is 6.61 Å². The second-order valence-corrected chi connectivity index (χ2v) is 19.2. The van der Waals surface area contributed by atoms with Crippen molar-refractivity contribution < 1.29 is 27.2 Å². The first-order valence-corrected chi connectivity index (χ1v) is 16.3. The summed E-state index contributed by atoms with van der Waals surface area (Å²) in [6.45, 7) is 19.3. The van der Waals surface area contributed by atoms with Crippen LogP contribution in [0.25, 0.3) is 0 Å². The Kier molecular flexibility index (Phi) is 8.26. The average molecular weight is 513 g/mol. The van der Waals surface area contributed by atoms with E-state index in [9.17, 15) is 9.59 Å². The summed E-state index contributed by atoms with van der Waals surface area (Å²) in [4.78, 5) is 30.2. The van der Waals surface area contributed by atoms with Gasteiger partial charge in [0.1, 0.15) is 12.2 Å². The maximum absolute atomic E-state index is 13.6. The van der Waals surface area contributed by atoms with Gasteiger partial charge in [0.05, 0.1) is 13.2 Å². The van der Waals surface area contributed by atoms with Crippen LogP contribution in [-0.2, 0) is 22.5 Å². The number of fused-ring (bicyclic) bond motifs is 1. The van der Waals surface area contributed by atoms with Gasteiger partial charge < -0.3 is 22.4 Å². The fourth-order valence-corrected chi connectivity index (χ4v) is 16.2. The van der Waals surface area contributed by atoms with Gasteiger partial charge in [0.15, 0.2) is 0 Å². The Morgan fingerprint density at radius 1 is 1.03 bits per heavy atom. The molecule has 1 aromatic heterocycles. The Morgan fingerprint density at radius 3 is 2.12 bits per heavy atom. The lowest BCUT2D eigenvalue weighted by Crippen LogP contribution is -2.65. The van der Waals surface area contributed by atoms with E-state index in [1.165, 1.54) is 10.8 Å². The van der Waals surface area contributed by atoms with Crippen LogP contribution in [0.5, 0.6) is 5.88 Å². The Labute approximate surface area is 204 Å². The molecular weight excluding hydrogens is 472 g/mol. The molecular formula is C23H40N2O7Si2. The van der Waals surface area contributed by atoms with E-state index in [-0.39, 0.29) is 40.4 Å². The van der Waals surface area contributed by atoms with Crippen molar-refractivity contribution in [3.63, 3.8) is 0 Å². The van der Waals surface area contributed by atoms with Crippen molar-refractivity contribution >= 4 is 22.9 Å². The average Bonchev–Trinajstić information content (AvgIpc) is 3.02. The fourth-order valence-electron chi connectivity index (χ4n) is 5.02. The molecule has 0 radical (unpaired) electrons. The molecule has 0 saturated carbocycles. The van der Waals surface area contributed by atoms with Crippen LogP contribution in [0.4, 0.5) is 0 Å². The van der Waals surface area contributed by atoms with Crippen LogP contribution < -0.4 is 10.4 Å². The fraction of sp³-hybridized carbons (Fsp3) is 0.783. The third kappa shape index (κ3) is 4.70. The van der Waals surface area contributed by atoms with Gasteiger partial charge in [-0.05, 0) is 29.1 Å². The summed E-state index contributed by atoms with van der Waals surface area (Å²) in [5.74, 6) is -0.101. The first kappa shape index (κ1) is 27.2. The quantitative estimate of drug-likeness (QED) is 0.504. The summed E-state index contributed by atoms with van der Waals surface area (Å²) in [6.07, 6.45) is -1.15. The molecule has 1 unspecified atom stereocenters. The Bertz CT molecular complexity index is 918. The first-order chi connectivity index (χ1) is 15.9. The molecule has 2 aliphatic heterocycles. The van der Waals surface area contributed by atoms with Gasteiger partial charge in [-0.25, -0.2) is 4.79 Å². The maximum atomic E-state index is 13.6. The molecule has 3 heterocycles. The summed E-state index contributed by atoms with van der Waals surface area (Å²) in [5.41, 5.74) is -0.0763. The minimum absolute atomic E-state index is 0.0842.